The highest BCUT2D eigenvalue weighted by atomic mass is 16.5. The second-order valence-electron chi connectivity index (χ2n) is 5.64. The molecule has 8 heteroatoms. The van der Waals surface area contributed by atoms with Gasteiger partial charge in [0.15, 0.2) is 0 Å². The van der Waals surface area contributed by atoms with E-state index < -0.39 is 17.9 Å². The van der Waals surface area contributed by atoms with Crippen molar-refractivity contribution in [2.75, 3.05) is 39.6 Å². The third-order valence-corrected chi connectivity index (χ3v) is 4.20. The first kappa shape index (κ1) is 19.5. The first-order chi connectivity index (χ1) is 12.3. The minimum absolute atomic E-state index is 0.00798. The van der Waals surface area contributed by atoms with Crippen LogP contribution < -0.4 is 4.90 Å². The normalized spacial score (nSPS) is 14.1. The summed E-state index contributed by atoms with van der Waals surface area (Å²) in [5, 5.41) is 0. The average molecular weight is 363 g/mol. The smallest absolute Gasteiger partial charge is 0.355 e. The predicted octanol–water partition coefficient (Wildman–Crippen LogP) is 1.48. The Morgan fingerprint density at radius 3 is 2.15 bits per heavy atom. The molecule has 1 heterocycles. The van der Waals surface area contributed by atoms with Crippen molar-refractivity contribution in [1.29, 1.82) is 0 Å². The summed E-state index contributed by atoms with van der Waals surface area (Å²) in [4.78, 5) is 37.9. The van der Waals surface area contributed by atoms with Gasteiger partial charge in [-0.1, -0.05) is 0 Å². The molecule has 0 N–H and O–H groups in total. The number of hydrogen-bond donors (Lipinski definition) is 0. The lowest BCUT2D eigenvalue weighted by Crippen LogP contribution is -2.39. The van der Waals surface area contributed by atoms with Crippen LogP contribution in [0, 0.1) is 13.8 Å². The first-order valence-electron chi connectivity index (χ1n) is 7.80. The Morgan fingerprint density at radius 1 is 0.962 bits per heavy atom. The van der Waals surface area contributed by atoms with Crippen LogP contribution >= 0.6 is 0 Å². The molecule has 0 aromatic heterocycles. The van der Waals surface area contributed by atoms with Crippen LogP contribution in [0.4, 0.5) is 5.69 Å². The maximum atomic E-state index is 12.3. The molecule has 0 saturated carbocycles. The largest absolute Gasteiger partial charge is 0.466 e. The molecule has 0 radical (unpaired) electrons. The van der Waals surface area contributed by atoms with Gasteiger partial charge >= 0.3 is 17.9 Å². The van der Waals surface area contributed by atoms with Gasteiger partial charge in [-0.05, 0) is 37.1 Å². The van der Waals surface area contributed by atoms with Crippen molar-refractivity contribution in [3.05, 3.63) is 40.1 Å². The monoisotopic (exact) mass is 363 g/mol. The molecule has 0 atom stereocenters. The lowest BCUT2D eigenvalue weighted by atomic mass is 10.0. The van der Waals surface area contributed by atoms with Crippen molar-refractivity contribution in [3.8, 4) is 0 Å². The summed E-state index contributed by atoms with van der Waals surface area (Å²) in [6.07, 6.45) is 0. The van der Waals surface area contributed by atoms with Crippen LogP contribution in [0.1, 0.15) is 21.5 Å². The molecule has 0 saturated heterocycles. The first-order valence-corrected chi connectivity index (χ1v) is 7.80. The number of methoxy groups -OCH3 is 3. The minimum atomic E-state index is -0.702. The van der Waals surface area contributed by atoms with E-state index in [2.05, 4.69) is 0 Å². The molecule has 0 unspecified atom stereocenters. The third-order valence-electron chi connectivity index (χ3n) is 4.20. The van der Waals surface area contributed by atoms with Crippen LogP contribution in [-0.4, -0.2) is 52.6 Å². The fourth-order valence-corrected chi connectivity index (χ4v) is 2.67. The van der Waals surface area contributed by atoms with Gasteiger partial charge in [0.2, 0.25) is 0 Å². The number of esters is 3. The summed E-state index contributed by atoms with van der Waals surface area (Å²) < 4.78 is 19.8. The van der Waals surface area contributed by atoms with E-state index in [1.54, 1.807) is 19.1 Å². The molecule has 0 aliphatic carbocycles. The molecule has 2 rings (SSSR count). The summed E-state index contributed by atoms with van der Waals surface area (Å²) in [6.45, 7) is 3.56. The Morgan fingerprint density at radius 2 is 1.58 bits per heavy atom. The van der Waals surface area contributed by atoms with E-state index in [0.717, 1.165) is 11.1 Å². The Labute approximate surface area is 151 Å². The molecule has 1 aliphatic heterocycles. The van der Waals surface area contributed by atoms with Crippen LogP contribution in [0.15, 0.2) is 23.4 Å². The highest BCUT2D eigenvalue weighted by molar-refractivity contribution is 6.03. The van der Waals surface area contributed by atoms with Gasteiger partial charge in [0.25, 0.3) is 0 Å². The van der Waals surface area contributed by atoms with Crippen LogP contribution in [0.5, 0.6) is 0 Å². The highest BCUT2D eigenvalue weighted by Crippen LogP contribution is 2.30. The van der Waals surface area contributed by atoms with Gasteiger partial charge in [0.05, 0.1) is 39.1 Å². The van der Waals surface area contributed by atoms with Gasteiger partial charge in [-0.25, -0.2) is 14.4 Å². The summed E-state index contributed by atoms with van der Waals surface area (Å²) >= 11 is 0. The molecular formula is C18H21NO7. The van der Waals surface area contributed by atoms with E-state index in [1.807, 2.05) is 6.92 Å². The number of rotatable bonds is 4. The number of anilines is 1. The Balaban J connectivity index is 2.65. The molecule has 0 bridgehead atoms. The molecule has 1 aliphatic rings. The number of hydrogen-bond acceptors (Lipinski definition) is 8. The predicted molar refractivity (Wildman–Crippen MR) is 91.6 cm³/mol. The fraction of sp³-hybridized carbons (Fsp3) is 0.389. The van der Waals surface area contributed by atoms with E-state index in [9.17, 15) is 14.4 Å². The van der Waals surface area contributed by atoms with Gasteiger partial charge in [0, 0.05) is 5.69 Å². The summed E-state index contributed by atoms with van der Waals surface area (Å²) in [5.41, 5.74) is 2.49. The minimum Gasteiger partial charge on any atom is -0.466 e. The zero-order chi connectivity index (χ0) is 19.4. The second-order valence-corrected chi connectivity index (χ2v) is 5.64. The van der Waals surface area contributed by atoms with Crippen LogP contribution in [-0.2, 0) is 28.5 Å². The number of nitrogens with zero attached hydrogens (tertiary/aromatic N) is 1. The van der Waals surface area contributed by atoms with E-state index in [0.29, 0.717) is 11.3 Å². The van der Waals surface area contributed by atoms with Crippen molar-refractivity contribution in [1.82, 2.24) is 0 Å². The van der Waals surface area contributed by atoms with Gasteiger partial charge < -0.3 is 23.8 Å². The number of carbonyl (C=O) groups is 3. The molecular weight excluding hydrogens is 342 g/mol. The van der Waals surface area contributed by atoms with Crippen molar-refractivity contribution in [3.63, 3.8) is 0 Å². The molecule has 0 spiro atoms. The van der Waals surface area contributed by atoms with Crippen LogP contribution in [0.25, 0.3) is 0 Å². The maximum Gasteiger partial charge on any atom is 0.355 e. The topological polar surface area (TPSA) is 91.4 Å². The number of aryl methyl sites for hydroxylation is 1. The Hall–Kier alpha value is -2.87. The van der Waals surface area contributed by atoms with E-state index >= 15 is 0 Å². The second kappa shape index (κ2) is 8.01. The zero-order valence-electron chi connectivity index (χ0n) is 15.4. The van der Waals surface area contributed by atoms with Gasteiger partial charge in [-0.3, -0.25) is 0 Å². The van der Waals surface area contributed by atoms with Crippen LogP contribution in [0.3, 0.4) is 0 Å². The number of carbonyl (C=O) groups excluding carboxylic acids is 3. The summed E-state index contributed by atoms with van der Waals surface area (Å²) in [5.74, 6) is -1.89. The van der Waals surface area contributed by atoms with Crippen molar-refractivity contribution in [2.24, 2.45) is 0 Å². The fourth-order valence-electron chi connectivity index (χ4n) is 2.67. The molecule has 8 nitrogen and oxygen atoms in total. The van der Waals surface area contributed by atoms with Crippen LogP contribution in [0.2, 0.25) is 0 Å². The van der Waals surface area contributed by atoms with E-state index in [4.69, 9.17) is 18.9 Å². The summed E-state index contributed by atoms with van der Waals surface area (Å²) in [7, 11) is 3.73. The Kier molecular flexibility index (Phi) is 5.99. The maximum absolute atomic E-state index is 12.3. The summed E-state index contributed by atoms with van der Waals surface area (Å²) in [6, 6.07) is 3.37. The third kappa shape index (κ3) is 3.55. The molecule has 1 aromatic rings. The van der Waals surface area contributed by atoms with Gasteiger partial charge in [-0.15, -0.1) is 0 Å². The quantitative estimate of drug-likeness (QED) is 0.587. The van der Waals surface area contributed by atoms with E-state index in [1.165, 1.54) is 26.2 Å². The lowest BCUT2D eigenvalue weighted by Gasteiger charge is -2.32. The highest BCUT2D eigenvalue weighted by Gasteiger charge is 2.33. The zero-order valence-corrected chi connectivity index (χ0v) is 15.4. The molecule has 140 valence electrons. The standard InChI is InChI=1S/C18H21NO7/c1-10-6-12(7-13(11(10)2)16(20)23-3)19-9-26-8-14(17(21)24-4)15(19)18(22)25-5/h6-7H,8-9H2,1-5H3. The van der Waals surface area contributed by atoms with Gasteiger partial charge in [0.1, 0.15) is 12.4 Å². The average Bonchev–Trinajstić information content (AvgIpc) is 2.67. The molecule has 26 heavy (non-hydrogen) atoms. The molecule has 1 aromatic carbocycles. The van der Waals surface area contributed by atoms with Crippen molar-refractivity contribution < 1.29 is 33.3 Å². The van der Waals surface area contributed by atoms with E-state index in [-0.39, 0.29) is 24.6 Å². The molecule has 0 amide bonds. The SMILES string of the molecule is COC(=O)C1=C(C(=O)OC)N(c2cc(C)c(C)c(C(=O)OC)c2)COC1. The van der Waals surface area contributed by atoms with Crippen molar-refractivity contribution >= 4 is 23.6 Å². The lowest BCUT2D eigenvalue weighted by molar-refractivity contribution is -0.140. The Bertz CT molecular complexity index is 782. The number of benzene rings is 1. The number of ether oxygens (including phenoxy) is 4. The molecule has 0 fully saturated rings. The van der Waals surface area contributed by atoms with Gasteiger partial charge in [-0.2, -0.15) is 0 Å². The van der Waals surface area contributed by atoms with Crippen molar-refractivity contribution in [2.45, 2.75) is 13.8 Å².